The molecule has 1 aromatic rings. The zero-order valence-corrected chi connectivity index (χ0v) is 14.6. The third-order valence-corrected chi connectivity index (χ3v) is 4.55. The van der Waals surface area contributed by atoms with Gasteiger partial charge in [-0.2, -0.15) is 0 Å². The van der Waals surface area contributed by atoms with Gasteiger partial charge in [0.15, 0.2) is 0 Å². The second-order valence-corrected chi connectivity index (χ2v) is 6.30. The molecule has 128 valence electrons. The molecule has 0 spiro atoms. The van der Waals surface area contributed by atoms with Crippen LogP contribution in [-0.2, 0) is 4.79 Å². The van der Waals surface area contributed by atoms with E-state index in [4.69, 9.17) is 16.3 Å². The number of carbonyl (C=O) groups is 1. The van der Waals surface area contributed by atoms with Crippen molar-refractivity contribution in [2.75, 3.05) is 32.1 Å². The molecule has 1 unspecified atom stereocenters. The number of ether oxygens (including phenoxy) is 1. The minimum atomic E-state index is -0.135. The second kappa shape index (κ2) is 9.78. The Labute approximate surface area is 144 Å². The lowest BCUT2D eigenvalue weighted by molar-refractivity contribution is -0.118. The van der Waals surface area contributed by atoms with Crippen molar-refractivity contribution in [2.45, 2.75) is 38.6 Å². The van der Waals surface area contributed by atoms with Crippen LogP contribution < -0.4 is 10.1 Å². The van der Waals surface area contributed by atoms with Gasteiger partial charge in [0.2, 0.25) is 5.91 Å². The topological polar surface area (TPSA) is 41.6 Å². The average Bonchev–Trinajstić information content (AvgIpc) is 2.61. The van der Waals surface area contributed by atoms with Crippen LogP contribution in [0, 0.1) is 0 Å². The third-order valence-electron chi connectivity index (χ3n) is 4.31. The summed E-state index contributed by atoms with van der Waals surface area (Å²) in [5.41, 5.74) is 1.31. The van der Waals surface area contributed by atoms with Crippen molar-refractivity contribution in [3.63, 3.8) is 0 Å². The van der Waals surface area contributed by atoms with Crippen LogP contribution in [0.15, 0.2) is 24.3 Å². The first-order valence-electron chi connectivity index (χ1n) is 8.50. The lowest BCUT2D eigenvalue weighted by atomic mass is 10.0. The fraction of sp³-hybridized carbons (Fsp3) is 0.611. The number of hydrogen-bond donors (Lipinski definition) is 1. The molecule has 1 aliphatic rings. The largest absolute Gasteiger partial charge is 0.494 e. The van der Waals surface area contributed by atoms with Crippen molar-refractivity contribution in [1.29, 1.82) is 0 Å². The van der Waals surface area contributed by atoms with Gasteiger partial charge < -0.3 is 10.1 Å². The van der Waals surface area contributed by atoms with Gasteiger partial charge in [-0.1, -0.05) is 18.6 Å². The van der Waals surface area contributed by atoms with Crippen molar-refractivity contribution in [3.8, 4) is 5.75 Å². The van der Waals surface area contributed by atoms with Crippen molar-refractivity contribution in [3.05, 3.63) is 29.8 Å². The molecule has 0 aliphatic carbocycles. The van der Waals surface area contributed by atoms with Crippen LogP contribution in [0.2, 0.25) is 0 Å². The van der Waals surface area contributed by atoms with Gasteiger partial charge in [0.05, 0.1) is 6.61 Å². The number of nitrogens with one attached hydrogen (secondary N) is 1. The van der Waals surface area contributed by atoms with Crippen LogP contribution in [0.25, 0.3) is 0 Å². The first kappa shape index (κ1) is 18.1. The van der Waals surface area contributed by atoms with Gasteiger partial charge >= 0.3 is 0 Å². The number of benzene rings is 1. The molecule has 1 atom stereocenters. The van der Waals surface area contributed by atoms with Gasteiger partial charge in [-0.05, 0) is 57.0 Å². The van der Waals surface area contributed by atoms with E-state index in [9.17, 15) is 4.79 Å². The predicted octanol–water partition coefficient (Wildman–Crippen LogP) is 3.36. The number of carbonyl (C=O) groups excluding carboxylic acids is 1. The summed E-state index contributed by atoms with van der Waals surface area (Å²) < 4.78 is 5.80. The van der Waals surface area contributed by atoms with Crippen LogP contribution in [-0.4, -0.2) is 42.9 Å². The Hall–Kier alpha value is -1.26. The normalized spacial score (nSPS) is 16.8. The van der Waals surface area contributed by atoms with Gasteiger partial charge in [0.25, 0.3) is 0 Å². The predicted molar refractivity (Wildman–Crippen MR) is 94.1 cm³/mol. The Morgan fingerprint density at radius 3 is 2.87 bits per heavy atom. The second-order valence-electron chi connectivity index (χ2n) is 6.03. The van der Waals surface area contributed by atoms with E-state index in [0.29, 0.717) is 19.2 Å². The van der Waals surface area contributed by atoms with E-state index >= 15 is 0 Å². The highest BCUT2D eigenvalue weighted by Gasteiger charge is 2.18. The van der Waals surface area contributed by atoms with Crippen LogP contribution in [0.4, 0.5) is 0 Å². The van der Waals surface area contributed by atoms with Crippen molar-refractivity contribution in [1.82, 2.24) is 10.2 Å². The molecule has 1 amide bonds. The van der Waals surface area contributed by atoms with Gasteiger partial charge in [-0.15, -0.1) is 11.6 Å². The minimum absolute atomic E-state index is 0.0112. The number of nitrogens with zero attached hydrogens (tertiary/aromatic N) is 1. The number of hydrogen-bond acceptors (Lipinski definition) is 3. The highest BCUT2D eigenvalue weighted by atomic mass is 35.5. The van der Waals surface area contributed by atoms with Crippen molar-refractivity contribution < 1.29 is 9.53 Å². The summed E-state index contributed by atoms with van der Waals surface area (Å²) in [7, 11) is 0. The first-order valence-corrected chi connectivity index (χ1v) is 9.03. The number of likely N-dealkylation sites (tertiary alicyclic amines) is 1. The number of halogens is 1. The van der Waals surface area contributed by atoms with E-state index in [1.54, 1.807) is 0 Å². The van der Waals surface area contributed by atoms with Gasteiger partial charge in [-0.3, -0.25) is 9.69 Å². The number of amides is 1. The smallest absolute Gasteiger partial charge is 0.234 e. The third kappa shape index (κ3) is 6.04. The fourth-order valence-electron chi connectivity index (χ4n) is 2.92. The van der Waals surface area contributed by atoms with E-state index in [-0.39, 0.29) is 11.8 Å². The Kier molecular flexibility index (Phi) is 7.69. The molecule has 1 saturated heterocycles. The average molecular weight is 339 g/mol. The van der Waals surface area contributed by atoms with E-state index < -0.39 is 0 Å². The molecule has 2 rings (SSSR count). The molecular weight excluding hydrogens is 312 g/mol. The summed E-state index contributed by atoms with van der Waals surface area (Å²) in [6.45, 7) is 5.82. The Bertz CT molecular complexity index is 490. The lowest BCUT2D eigenvalue weighted by Crippen LogP contribution is -2.32. The summed E-state index contributed by atoms with van der Waals surface area (Å²) in [5, 5.41) is 2.73. The highest BCUT2D eigenvalue weighted by molar-refractivity contribution is 6.27. The molecule has 0 saturated carbocycles. The zero-order chi connectivity index (χ0) is 16.5. The molecule has 4 nitrogen and oxygen atoms in total. The van der Waals surface area contributed by atoms with E-state index in [2.05, 4.69) is 35.3 Å². The Morgan fingerprint density at radius 2 is 2.13 bits per heavy atom. The lowest BCUT2D eigenvalue weighted by Gasteiger charge is -2.32. The molecule has 0 bridgehead atoms. The van der Waals surface area contributed by atoms with E-state index in [0.717, 1.165) is 12.2 Å². The highest BCUT2D eigenvalue weighted by Crippen LogP contribution is 2.26. The minimum Gasteiger partial charge on any atom is -0.494 e. The molecule has 0 aromatic heterocycles. The molecule has 1 N–H and O–H groups in total. The summed E-state index contributed by atoms with van der Waals surface area (Å²) in [5.74, 6) is 0.774. The molecule has 23 heavy (non-hydrogen) atoms. The van der Waals surface area contributed by atoms with E-state index in [1.807, 2.05) is 6.07 Å². The number of piperidine rings is 1. The van der Waals surface area contributed by atoms with Crippen molar-refractivity contribution >= 4 is 17.5 Å². The first-order chi connectivity index (χ1) is 11.2. The van der Waals surface area contributed by atoms with E-state index in [1.165, 1.54) is 37.9 Å². The molecule has 1 aliphatic heterocycles. The molecule has 5 heteroatoms. The molecule has 1 aromatic carbocycles. The maximum atomic E-state index is 11.0. The van der Waals surface area contributed by atoms with Gasteiger partial charge in [-0.25, -0.2) is 0 Å². The van der Waals surface area contributed by atoms with Crippen LogP contribution in [0.1, 0.15) is 44.2 Å². The molecule has 0 radical (unpaired) electrons. The summed E-state index contributed by atoms with van der Waals surface area (Å²) in [6.07, 6.45) is 4.73. The standard InChI is InChI=1S/C18H27ClN2O2/c1-15(21-10-3-2-4-11-21)16-7-5-8-17(13-16)23-12-6-9-20-18(22)14-19/h5,7-8,13,15H,2-4,6,9-12,14H2,1H3,(H,20,22). The maximum Gasteiger partial charge on any atom is 0.234 e. The summed E-state index contributed by atoms with van der Waals surface area (Å²) in [6, 6.07) is 8.79. The number of rotatable bonds is 8. The quantitative estimate of drug-likeness (QED) is 0.583. The monoisotopic (exact) mass is 338 g/mol. The zero-order valence-electron chi connectivity index (χ0n) is 13.9. The Morgan fingerprint density at radius 1 is 1.35 bits per heavy atom. The van der Waals surface area contributed by atoms with Crippen LogP contribution >= 0.6 is 11.6 Å². The van der Waals surface area contributed by atoms with Crippen LogP contribution in [0.3, 0.4) is 0 Å². The summed E-state index contributed by atoms with van der Waals surface area (Å²) in [4.78, 5) is 13.6. The fourth-order valence-corrected chi connectivity index (χ4v) is 3.01. The van der Waals surface area contributed by atoms with Crippen molar-refractivity contribution in [2.24, 2.45) is 0 Å². The molecule has 1 heterocycles. The Balaban J connectivity index is 1.78. The van der Waals surface area contributed by atoms with Crippen LogP contribution in [0.5, 0.6) is 5.75 Å². The molecular formula is C18H27ClN2O2. The number of alkyl halides is 1. The maximum absolute atomic E-state index is 11.0. The molecule has 1 fully saturated rings. The summed E-state index contributed by atoms with van der Waals surface area (Å²) >= 11 is 5.42. The van der Waals surface area contributed by atoms with Gasteiger partial charge in [0.1, 0.15) is 11.6 Å². The SMILES string of the molecule is CC(c1cccc(OCCCNC(=O)CCl)c1)N1CCCCC1. The van der Waals surface area contributed by atoms with Gasteiger partial charge in [0, 0.05) is 12.6 Å².